The number of hydrogen-bond donors (Lipinski definition) is 1. The minimum Gasteiger partial charge on any atom is -0.480 e. The number of carboxylic acid groups (broad SMARTS) is 1. The van der Waals surface area contributed by atoms with E-state index in [0.29, 0.717) is 6.04 Å². The van der Waals surface area contributed by atoms with E-state index in [9.17, 15) is 9.90 Å². The van der Waals surface area contributed by atoms with Gasteiger partial charge in [-0.2, -0.15) is 0 Å². The summed E-state index contributed by atoms with van der Waals surface area (Å²) in [5.41, 5.74) is 1.22. The molecule has 20 heavy (non-hydrogen) atoms. The number of carbonyl (C=O) groups is 1. The molecule has 0 saturated carbocycles. The van der Waals surface area contributed by atoms with Crippen LogP contribution in [0.15, 0.2) is 23.0 Å². The molecule has 0 radical (unpaired) electrons. The second-order valence-electron chi connectivity index (χ2n) is 5.87. The fourth-order valence-electron chi connectivity index (χ4n) is 3.54. The highest BCUT2D eigenvalue weighted by atomic mass is 16.4. The van der Waals surface area contributed by atoms with Gasteiger partial charge in [-0.1, -0.05) is 0 Å². The van der Waals surface area contributed by atoms with Gasteiger partial charge in [0.2, 0.25) is 0 Å². The molecule has 0 spiro atoms. The zero-order valence-corrected chi connectivity index (χ0v) is 11.7. The van der Waals surface area contributed by atoms with Crippen LogP contribution in [-0.4, -0.2) is 52.6 Å². The van der Waals surface area contributed by atoms with E-state index in [0.717, 1.165) is 51.9 Å². The number of hydrogen-bond acceptors (Lipinski definition) is 4. The fourth-order valence-corrected chi connectivity index (χ4v) is 3.54. The van der Waals surface area contributed by atoms with E-state index in [-0.39, 0.29) is 6.04 Å². The molecule has 2 saturated heterocycles. The monoisotopic (exact) mass is 278 g/mol. The van der Waals surface area contributed by atoms with Crippen molar-refractivity contribution in [3.8, 4) is 0 Å². The maximum absolute atomic E-state index is 11.3. The predicted octanol–water partition coefficient (Wildman–Crippen LogP) is 1.79. The summed E-state index contributed by atoms with van der Waals surface area (Å²) in [6, 6.07) is 2.20. The van der Waals surface area contributed by atoms with E-state index in [1.54, 1.807) is 12.5 Å². The lowest BCUT2D eigenvalue weighted by molar-refractivity contribution is -0.143. The van der Waals surface area contributed by atoms with Gasteiger partial charge in [-0.3, -0.25) is 14.6 Å². The van der Waals surface area contributed by atoms with E-state index >= 15 is 0 Å². The van der Waals surface area contributed by atoms with Crippen molar-refractivity contribution in [2.24, 2.45) is 0 Å². The van der Waals surface area contributed by atoms with Crippen molar-refractivity contribution < 1.29 is 14.3 Å². The SMILES string of the molecule is O=C(O)C1CCCN1C1CCN(Cc2ccoc2)CC1. The number of furan rings is 1. The van der Waals surface area contributed by atoms with Crippen LogP contribution in [0, 0.1) is 0 Å². The number of likely N-dealkylation sites (tertiary alicyclic amines) is 2. The van der Waals surface area contributed by atoms with Crippen LogP contribution in [0.25, 0.3) is 0 Å². The Labute approximate surface area is 119 Å². The zero-order valence-electron chi connectivity index (χ0n) is 11.7. The molecule has 5 nitrogen and oxygen atoms in total. The summed E-state index contributed by atoms with van der Waals surface area (Å²) in [7, 11) is 0. The van der Waals surface area contributed by atoms with E-state index in [1.807, 2.05) is 6.07 Å². The van der Waals surface area contributed by atoms with Crippen molar-refractivity contribution in [2.45, 2.75) is 44.3 Å². The van der Waals surface area contributed by atoms with Crippen LogP contribution in [0.5, 0.6) is 0 Å². The van der Waals surface area contributed by atoms with E-state index in [4.69, 9.17) is 4.42 Å². The predicted molar refractivity (Wildman–Crippen MR) is 74.4 cm³/mol. The van der Waals surface area contributed by atoms with Gasteiger partial charge in [0, 0.05) is 18.2 Å². The molecule has 3 rings (SSSR count). The lowest BCUT2D eigenvalue weighted by atomic mass is 10.0. The fraction of sp³-hybridized carbons (Fsp3) is 0.667. The van der Waals surface area contributed by atoms with Gasteiger partial charge in [0.25, 0.3) is 0 Å². The molecule has 0 amide bonds. The van der Waals surface area contributed by atoms with Crippen LogP contribution in [0.4, 0.5) is 0 Å². The minimum absolute atomic E-state index is 0.250. The van der Waals surface area contributed by atoms with Crippen molar-refractivity contribution in [1.82, 2.24) is 9.80 Å². The Hall–Kier alpha value is -1.33. The summed E-state index contributed by atoms with van der Waals surface area (Å²) >= 11 is 0. The molecule has 2 aliphatic rings. The Balaban J connectivity index is 1.52. The molecule has 1 aromatic heterocycles. The average Bonchev–Trinajstić information content (AvgIpc) is 3.10. The Morgan fingerprint density at radius 1 is 1.30 bits per heavy atom. The molecule has 0 aliphatic carbocycles. The number of rotatable bonds is 4. The normalized spacial score (nSPS) is 26.1. The van der Waals surface area contributed by atoms with E-state index in [1.165, 1.54) is 5.56 Å². The summed E-state index contributed by atoms with van der Waals surface area (Å²) in [4.78, 5) is 15.9. The topological polar surface area (TPSA) is 56.9 Å². The molecule has 1 N–H and O–H groups in total. The molecule has 2 aliphatic heterocycles. The van der Waals surface area contributed by atoms with Crippen molar-refractivity contribution in [2.75, 3.05) is 19.6 Å². The molecular weight excluding hydrogens is 256 g/mol. The maximum atomic E-state index is 11.3. The van der Waals surface area contributed by atoms with Crippen LogP contribution < -0.4 is 0 Å². The largest absolute Gasteiger partial charge is 0.480 e. The Bertz CT molecular complexity index is 438. The lowest BCUT2D eigenvalue weighted by Crippen LogP contribution is -2.48. The van der Waals surface area contributed by atoms with Gasteiger partial charge in [-0.05, 0) is 51.4 Å². The van der Waals surface area contributed by atoms with Crippen LogP contribution >= 0.6 is 0 Å². The van der Waals surface area contributed by atoms with Gasteiger partial charge in [-0.25, -0.2) is 0 Å². The highest BCUT2D eigenvalue weighted by molar-refractivity contribution is 5.73. The third-order valence-electron chi connectivity index (χ3n) is 4.59. The zero-order chi connectivity index (χ0) is 13.9. The van der Waals surface area contributed by atoms with Crippen LogP contribution in [0.1, 0.15) is 31.2 Å². The lowest BCUT2D eigenvalue weighted by Gasteiger charge is -2.38. The summed E-state index contributed by atoms with van der Waals surface area (Å²) in [5.74, 6) is -0.650. The second kappa shape index (κ2) is 5.97. The molecule has 1 unspecified atom stereocenters. The molecule has 3 heterocycles. The Kier molecular flexibility index (Phi) is 4.08. The van der Waals surface area contributed by atoms with Crippen molar-refractivity contribution in [1.29, 1.82) is 0 Å². The van der Waals surface area contributed by atoms with Gasteiger partial charge in [-0.15, -0.1) is 0 Å². The first-order chi connectivity index (χ1) is 9.74. The van der Waals surface area contributed by atoms with Crippen LogP contribution in [-0.2, 0) is 11.3 Å². The number of piperidine rings is 1. The number of nitrogens with zero attached hydrogens (tertiary/aromatic N) is 2. The van der Waals surface area contributed by atoms with Crippen LogP contribution in [0.3, 0.4) is 0 Å². The van der Waals surface area contributed by atoms with Gasteiger partial charge in [0.15, 0.2) is 0 Å². The van der Waals surface area contributed by atoms with Crippen molar-refractivity contribution in [3.05, 3.63) is 24.2 Å². The Morgan fingerprint density at radius 3 is 2.75 bits per heavy atom. The summed E-state index contributed by atoms with van der Waals surface area (Å²) in [6.07, 6.45) is 7.48. The number of aliphatic carboxylic acids is 1. The first-order valence-electron chi connectivity index (χ1n) is 7.46. The van der Waals surface area contributed by atoms with Gasteiger partial charge >= 0.3 is 5.97 Å². The van der Waals surface area contributed by atoms with Gasteiger partial charge in [0.1, 0.15) is 6.04 Å². The second-order valence-corrected chi connectivity index (χ2v) is 5.87. The van der Waals surface area contributed by atoms with E-state index in [2.05, 4.69) is 9.80 Å². The van der Waals surface area contributed by atoms with Crippen molar-refractivity contribution >= 4 is 5.97 Å². The Morgan fingerprint density at radius 2 is 2.10 bits per heavy atom. The first-order valence-corrected chi connectivity index (χ1v) is 7.46. The molecule has 5 heteroatoms. The van der Waals surface area contributed by atoms with Gasteiger partial charge < -0.3 is 9.52 Å². The standard InChI is InChI=1S/C15H22N2O3/c18-15(19)14-2-1-6-17(14)13-3-7-16(8-4-13)10-12-5-9-20-11-12/h5,9,11,13-14H,1-4,6-8,10H2,(H,18,19). The molecule has 110 valence electrons. The highest BCUT2D eigenvalue weighted by Gasteiger charge is 2.36. The molecular formula is C15H22N2O3. The molecule has 2 fully saturated rings. The quantitative estimate of drug-likeness (QED) is 0.910. The average molecular weight is 278 g/mol. The van der Waals surface area contributed by atoms with Crippen LogP contribution in [0.2, 0.25) is 0 Å². The first kappa shape index (κ1) is 13.6. The third-order valence-corrected chi connectivity index (χ3v) is 4.59. The molecule has 1 atom stereocenters. The summed E-state index contributed by atoms with van der Waals surface area (Å²) in [6.45, 7) is 3.96. The molecule has 1 aromatic rings. The molecule has 0 bridgehead atoms. The maximum Gasteiger partial charge on any atom is 0.320 e. The third kappa shape index (κ3) is 2.88. The molecule has 0 aromatic carbocycles. The number of carboxylic acids is 1. The summed E-state index contributed by atoms with van der Waals surface area (Å²) < 4.78 is 5.10. The van der Waals surface area contributed by atoms with E-state index < -0.39 is 5.97 Å². The smallest absolute Gasteiger partial charge is 0.320 e. The minimum atomic E-state index is -0.650. The summed E-state index contributed by atoms with van der Waals surface area (Å²) in [5, 5.41) is 9.27. The van der Waals surface area contributed by atoms with Crippen molar-refractivity contribution in [3.63, 3.8) is 0 Å². The van der Waals surface area contributed by atoms with Gasteiger partial charge in [0.05, 0.1) is 12.5 Å². The highest BCUT2D eigenvalue weighted by Crippen LogP contribution is 2.26.